The predicted octanol–water partition coefficient (Wildman–Crippen LogP) is 3.10. The third-order valence-corrected chi connectivity index (χ3v) is 4.72. The average molecular weight is 344 g/mol. The van der Waals surface area contributed by atoms with Gasteiger partial charge in [-0.05, 0) is 30.7 Å². The molecule has 1 aromatic heterocycles. The summed E-state index contributed by atoms with van der Waals surface area (Å²) in [4.78, 5) is 43.3. The number of rotatable bonds is 3. The van der Waals surface area contributed by atoms with Gasteiger partial charge in [0.2, 0.25) is 5.78 Å². The number of hydrogen-bond acceptors (Lipinski definition) is 4. The van der Waals surface area contributed by atoms with Crippen LogP contribution in [-0.4, -0.2) is 22.5 Å². The Kier molecular flexibility index (Phi) is 3.84. The predicted molar refractivity (Wildman–Crippen MR) is 97.6 cm³/mol. The summed E-state index contributed by atoms with van der Waals surface area (Å²) in [6.45, 7) is 1.35. The zero-order valence-corrected chi connectivity index (χ0v) is 14.1. The van der Waals surface area contributed by atoms with E-state index < -0.39 is 23.7 Å². The molecule has 5 nitrogen and oxygen atoms in total. The number of para-hydroxylation sites is 1. The number of benzene rings is 2. The number of nitrogens with zero attached hydrogens (tertiary/aromatic N) is 2. The SMILES string of the molecule is CC(=O)C1C(=O)C(=O)N(c2ccc3ccccc3n2)C1c1ccccc1. The number of pyridine rings is 1. The van der Waals surface area contributed by atoms with Gasteiger partial charge >= 0.3 is 0 Å². The van der Waals surface area contributed by atoms with Crippen molar-refractivity contribution in [2.75, 3.05) is 4.90 Å². The number of fused-ring (bicyclic) bond motifs is 1. The molecular formula is C21H16N2O3. The molecule has 2 unspecified atom stereocenters. The van der Waals surface area contributed by atoms with Gasteiger partial charge in [0.25, 0.3) is 5.91 Å². The average Bonchev–Trinajstić information content (AvgIpc) is 2.93. The third kappa shape index (κ3) is 2.49. The Morgan fingerprint density at radius 2 is 1.62 bits per heavy atom. The van der Waals surface area contributed by atoms with Gasteiger partial charge < -0.3 is 0 Å². The van der Waals surface area contributed by atoms with E-state index in [2.05, 4.69) is 4.98 Å². The number of amides is 1. The van der Waals surface area contributed by atoms with Crippen molar-refractivity contribution in [3.8, 4) is 0 Å². The van der Waals surface area contributed by atoms with Gasteiger partial charge in [-0.15, -0.1) is 0 Å². The van der Waals surface area contributed by atoms with Crippen LogP contribution in [0, 0.1) is 5.92 Å². The van der Waals surface area contributed by atoms with Gasteiger partial charge in [-0.3, -0.25) is 19.3 Å². The molecule has 2 atom stereocenters. The van der Waals surface area contributed by atoms with Crippen molar-refractivity contribution >= 4 is 34.2 Å². The molecule has 1 aliphatic rings. The molecule has 5 heteroatoms. The van der Waals surface area contributed by atoms with E-state index in [1.165, 1.54) is 11.8 Å². The number of aromatic nitrogens is 1. The van der Waals surface area contributed by atoms with Crippen molar-refractivity contribution in [2.45, 2.75) is 13.0 Å². The van der Waals surface area contributed by atoms with E-state index >= 15 is 0 Å². The van der Waals surface area contributed by atoms with E-state index in [9.17, 15) is 14.4 Å². The van der Waals surface area contributed by atoms with Crippen molar-refractivity contribution in [1.82, 2.24) is 4.98 Å². The molecule has 1 amide bonds. The minimum absolute atomic E-state index is 0.319. The van der Waals surface area contributed by atoms with Crippen LogP contribution in [0.5, 0.6) is 0 Å². The van der Waals surface area contributed by atoms with Crippen LogP contribution < -0.4 is 4.90 Å². The van der Waals surface area contributed by atoms with E-state index in [1.54, 1.807) is 6.07 Å². The molecule has 1 saturated heterocycles. The fraction of sp³-hybridized carbons (Fsp3) is 0.143. The van der Waals surface area contributed by atoms with Crippen molar-refractivity contribution in [3.63, 3.8) is 0 Å². The second kappa shape index (κ2) is 6.19. The van der Waals surface area contributed by atoms with Gasteiger partial charge in [0.1, 0.15) is 17.5 Å². The van der Waals surface area contributed by atoms with Crippen molar-refractivity contribution in [3.05, 3.63) is 72.3 Å². The highest BCUT2D eigenvalue weighted by molar-refractivity contribution is 6.48. The zero-order chi connectivity index (χ0) is 18.3. The number of Topliss-reactive ketones (excluding diaryl/α,β-unsaturated/α-hetero) is 2. The highest BCUT2D eigenvalue weighted by atomic mass is 16.2. The Morgan fingerprint density at radius 3 is 2.35 bits per heavy atom. The number of anilines is 1. The van der Waals surface area contributed by atoms with Gasteiger partial charge in [-0.25, -0.2) is 4.98 Å². The standard InChI is InChI=1S/C21H16N2O3/c1-13(24)18-19(15-8-3-2-4-9-15)23(21(26)20(18)25)17-12-11-14-7-5-6-10-16(14)22-17/h2-12,18-19H,1H3. The fourth-order valence-corrected chi connectivity index (χ4v) is 3.51. The molecule has 128 valence electrons. The highest BCUT2D eigenvalue weighted by Crippen LogP contribution is 2.39. The minimum atomic E-state index is -1.02. The summed E-state index contributed by atoms with van der Waals surface area (Å²) in [5.41, 5.74) is 1.46. The summed E-state index contributed by atoms with van der Waals surface area (Å²) < 4.78 is 0. The van der Waals surface area contributed by atoms with Crippen LogP contribution in [0.2, 0.25) is 0 Å². The van der Waals surface area contributed by atoms with Crippen LogP contribution in [0.4, 0.5) is 5.82 Å². The first-order valence-corrected chi connectivity index (χ1v) is 8.36. The maximum atomic E-state index is 12.7. The number of carbonyl (C=O) groups is 3. The molecule has 0 bridgehead atoms. The molecule has 0 aliphatic carbocycles. The first-order chi connectivity index (χ1) is 12.6. The lowest BCUT2D eigenvalue weighted by Gasteiger charge is -2.26. The van der Waals surface area contributed by atoms with E-state index in [1.807, 2.05) is 60.7 Å². The van der Waals surface area contributed by atoms with E-state index in [0.29, 0.717) is 5.82 Å². The summed E-state index contributed by atoms with van der Waals surface area (Å²) >= 11 is 0. The number of carbonyl (C=O) groups excluding carboxylic acids is 3. The van der Waals surface area contributed by atoms with Gasteiger partial charge in [0, 0.05) is 5.39 Å². The van der Waals surface area contributed by atoms with E-state index in [4.69, 9.17) is 0 Å². The molecule has 26 heavy (non-hydrogen) atoms. The Labute approximate surface area is 150 Å². The lowest BCUT2D eigenvalue weighted by atomic mass is 9.90. The fourth-order valence-electron chi connectivity index (χ4n) is 3.51. The van der Waals surface area contributed by atoms with Gasteiger partial charge in [0.05, 0.1) is 11.6 Å². The van der Waals surface area contributed by atoms with Crippen LogP contribution in [0.1, 0.15) is 18.5 Å². The van der Waals surface area contributed by atoms with E-state index in [-0.39, 0.29) is 5.78 Å². The molecular weight excluding hydrogens is 328 g/mol. The quantitative estimate of drug-likeness (QED) is 0.541. The second-order valence-electron chi connectivity index (χ2n) is 6.35. The van der Waals surface area contributed by atoms with Crippen molar-refractivity contribution in [1.29, 1.82) is 0 Å². The van der Waals surface area contributed by atoms with Gasteiger partial charge in [0.15, 0.2) is 0 Å². The summed E-state index contributed by atoms with van der Waals surface area (Å²) in [5.74, 6) is -2.33. The van der Waals surface area contributed by atoms with Crippen LogP contribution in [0.15, 0.2) is 66.7 Å². The van der Waals surface area contributed by atoms with Crippen LogP contribution >= 0.6 is 0 Å². The Bertz CT molecular complexity index is 1030. The number of hydrogen-bond donors (Lipinski definition) is 0. The van der Waals surface area contributed by atoms with Gasteiger partial charge in [-0.1, -0.05) is 48.5 Å². The van der Waals surface area contributed by atoms with Crippen molar-refractivity contribution in [2.24, 2.45) is 5.92 Å². The monoisotopic (exact) mass is 344 g/mol. The molecule has 4 rings (SSSR count). The Morgan fingerprint density at radius 1 is 0.923 bits per heavy atom. The van der Waals surface area contributed by atoms with Crippen LogP contribution in [-0.2, 0) is 14.4 Å². The Balaban J connectivity index is 1.89. The summed E-state index contributed by atoms with van der Waals surface area (Å²) in [6.07, 6.45) is 0. The maximum absolute atomic E-state index is 12.7. The Hall–Kier alpha value is -3.34. The second-order valence-corrected chi connectivity index (χ2v) is 6.35. The lowest BCUT2D eigenvalue weighted by molar-refractivity contribution is -0.138. The topological polar surface area (TPSA) is 67.3 Å². The van der Waals surface area contributed by atoms with Gasteiger partial charge in [-0.2, -0.15) is 0 Å². The molecule has 2 heterocycles. The molecule has 1 aliphatic heterocycles. The molecule has 0 spiro atoms. The minimum Gasteiger partial charge on any atom is -0.299 e. The molecule has 0 saturated carbocycles. The van der Waals surface area contributed by atoms with Crippen LogP contribution in [0.3, 0.4) is 0 Å². The number of ketones is 2. The summed E-state index contributed by atoms with van der Waals surface area (Å²) in [6, 6.07) is 19.6. The first kappa shape index (κ1) is 16.1. The van der Waals surface area contributed by atoms with Crippen LogP contribution in [0.25, 0.3) is 10.9 Å². The normalized spacial score (nSPS) is 20.0. The molecule has 0 N–H and O–H groups in total. The maximum Gasteiger partial charge on any atom is 0.297 e. The van der Waals surface area contributed by atoms with Crippen molar-refractivity contribution < 1.29 is 14.4 Å². The zero-order valence-electron chi connectivity index (χ0n) is 14.1. The molecule has 1 fully saturated rings. The third-order valence-electron chi connectivity index (χ3n) is 4.72. The molecule has 0 radical (unpaired) electrons. The largest absolute Gasteiger partial charge is 0.299 e. The molecule has 2 aromatic carbocycles. The first-order valence-electron chi connectivity index (χ1n) is 8.36. The van der Waals surface area contributed by atoms with E-state index in [0.717, 1.165) is 16.5 Å². The lowest BCUT2D eigenvalue weighted by Crippen LogP contribution is -2.31. The molecule has 3 aromatic rings. The highest BCUT2D eigenvalue weighted by Gasteiger charge is 2.51. The summed E-state index contributed by atoms with van der Waals surface area (Å²) in [7, 11) is 0. The summed E-state index contributed by atoms with van der Waals surface area (Å²) in [5, 5.41) is 0.939. The smallest absolute Gasteiger partial charge is 0.297 e.